The van der Waals surface area contributed by atoms with E-state index in [1.165, 1.54) is 0 Å². The number of H-pyrrole nitrogens is 2. The summed E-state index contributed by atoms with van der Waals surface area (Å²) in [5.41, 5.74) is 8.38. The average molecular weight is 360 g/mol. The van der Waals surface area contributed by atoms with E-state index in [1.54, 1.807) is 0 Å². The van der Waals surface area contributed by atoms with Gasteiger partial charge in [-0.1, -0.05) is 60.7 Å². The Morgan fingerprint density at radius 1 is 0.679 bits per heavy atom. The number of nitrogens with one attached hydrogen (secondary N) is 2. The number of nitrogens with zero attached hydrogens (tertiary/aromatic N) is 2. The second-order valence-electron chi connectivity index (χ2n) is 6.90. The van der Waals surface area contributed by atoms with E-state index in [-0.39, 0.29) is 0 Å². The summed E-state index contributed by atoms with van der Waals surface area (Å²) in [6.07, 6.45) is 3.72. The molecule has 0 aliphatic heterocycles. The van der Waals surface area contributed by atoms with E-state index < -0.39 is 0 Å². The van der Waals surface area contributed by atoms with Gasteiger partial charge in [-0.05, 0) is 23.3 Å². The van der Waals surface area contributed by atoms with E-state index >= 15 is 0 Å². The van der Waals surface area contributed by atoms with Gasteiger partial charge in [0.2, 0.25) is 0 Å². The van der Waals surface area contributed by atoms with Gasteiger partial charge in [0.1, 0.15) is 5.65 Å². The molecule has 4 heterocycles. The van der Waals surface area contributed by atoms with E-state index in [9.17, 15) is 0 Å². The highest BCUT2D eigenvalue weighted by Gasteiger charge is 2.19. The predicted octanol–water partition coefficient (Wildman–Crippen LogP) is 5.93. The maximum Gasteiger partial charge on any atom is 0.138 e. The first-order chi connectivity index (χ1) is 13.9. The van der Waals surface area contributed by atoms with Crippen LogP contribution in [0.3, 0.4) is 0 Å². The Kier molecular flexibility index (Phi) is 3.14. The van der Waals surface area contributed by atoms with E-state index in [2.05, 4.69) is 69.5 Å². The lowest BCUT2D eigenvalue weighted by atomic mass is 10.0. The number of pyridine rings is 2. The lowest BCUT2D eigenvalue weighted by molar-refractivity contribution is 1.34. The molecular formula is C24H16N4. The van der Waals surface area contributed by atoms with Crippen molar-refractivity contribution in [1.29, 1.82) is 0 Å². The van der Waals surface area contributed by atoms with Crippen LogP contribution in [-0.4, -0.2) is 19.9 Å². The van der Waals surface area contributed by atoms with Crippen LogP contribution in [0.2, 0.25) is 0 Å². The highest BCUT2D eigenvalue weighted by atomic mass is 14.9. The van der Waals surface area contributed by atoms with Crippen LogP contribution in [0.1, 0.15) is 0 Å². The number of rotatable bonds is 2. The zero-order valence-electron chi connectivity index (χ0n) is 15.0. The quantitative estimate of drug-likeness (QED) is 0.402. The number of hydrogen-bond donors (Lipinski definition) is 2. The molecule has 6 rings (SSSR count). The molecule has 132 valence electrons. The highest BCUT2D eigenvalue weighted by Crippen LogP contribution is 2.40. The number of aromatic amines is 2. The standard InChI is InChI=1S/C24H16N4/c1-3-8-15(9-4-1)19-21(16-10-5-2-6-11-16)28-23-20-17-12-7-13-25-24(17)27-18(20)14-26-22(19)23/h1-14,28H,(H,25,27). The molecule has 0 aliphatic carbocycles. The molecule has 0 spiro atoms. The van der Waals surface area contributed by atoms with Gasteiger partial charge in [-0.15, -0.1) is 0 Å². The minimum Gasteiger partial charge on any atom is -0.352 e. The molecule has 6 aromatic rings. The smallest absolute Gasteiger partial charge is 0.138 e. The Bertz CT molecular complexity index is 1440. The molecule has 0 bridgehead atoms. The fourth-order valence-corrected chi connectivity index (χ4v) is 4.04. The van der Waals surface area contributed by atoms with Gasteiger partial charge in [0.15, 0.2) is 0 Å². The van der Waals surface area contributed by atoms with Gasteiger partial charge in [0, 0.05) is 22.5 Å². The third kappa shape index (κ3) is 2.12. The van der Waals surface area contributed by atoms with Crippen molar-refractivity contribution >= 4 is 33.0 Å². The van der Waals surface area contributed by atoms with Crippen LogP contribution >= 0.6 is 0 Å². The van der Waals surface area contributed by atoms with E-state index in [0.717, 1.165) is 55.4 Å². The molecule has 4 heteroatoms. The monoisotopic (exact) mass is 360 g/mol. The molecule has 0 saturated carbocycles. The number of fused-ring (bicyclic) bond motifs is 5. The maximum absolute atomic E-state index is 4.84. The minimum absolute atomic E-state index is 0.879. The van der Waals surface area contributed by atoms with Crippen molar-refractivity contribution in [3.05, 3.63) is 85.2 Å². The van der Waals surface area contributed by atoms with Crippen LogP contribution in [0.25, 0.3) is 55.4 Å². The van der Waals surface area contributed by atoms with Gasteiger partial charge in [-0.2, -0.15) is 0 Å². The van der Waals surface area contributed by atoms with Gasteiger partial charge in [0.05, 0.1) is 28.4 Å². The summed E-state index contributed by atoms with van der Waals surface area (Å²) in [5, 5.41) is 2.23. The number of benzene rings is 2. The molecule has 0 fully saturated rings. The van der Waals surface area contributed by atoms with Gasteiger partial charge < -0.3 is 9.97 Å². The first-order valence-electron chi connectivity index (χ1n) is 9.28. The van der Waals surface area contributed by atoms with Crippen molar-refractivity contribution in [3.8, 4) is 22.4 Å². The Morgan fingerprint density at radius 3 is 2.21 bits per heavy atom. The molecule has 4 nitrogen and oxygen atoms in total. The van der Waals surface area contributed by atoms with Gasteiger partial charge in [-0.3, -0.25) is 4.98 Å². The summed E-state index contributed by atoms with van der Waals surface area (Å²) in [5.74, 6) is 0. The molecule has 0 atom stereocenters. The first kappa shape index (κ1) is 15.2. The van der Waals surface area contributed by atoms with E-state index in [0.29, 0.717) is 0 Å². The molecule has 0 aliphatic rings. The zero-order chi connectivity index (χ0) is 18.5. The number of hydrogen-bond acceptors (Lipinski definition) is 2. The summed E-state index contributed by atoms with van der Waals surface area (Å²) in [6.45, 7) is 0. The second kappa shape index (κ2) is 5.79. The molecule has 2 aromatic carbocycles. The van der Waals surface area contributed by atoms with Crippen LogP contribution in [0.4, 0.5) is 0 Å². The maximum atomic E-state index is 4.84. The SMILES string of the molecule is c1ccc(-c2[nH]c3c(ncc4[nH]c5ncccc5c43)c2-c2ccccc2)cc1. The third-order valence-electron chi connectivity index (χ3n) is 5.27. The Hall–Kier alpha value is -3.92. The van der Waals surface area contributed by atoms with Crippen LogP contribution in [-0.2, 0) is 0 Å². The fourth-order valence-electron chi connectivity index (χ4n) is 4.04. The zero-order valence-corrected chi connectivity index (χ0v) is 15.0. The molecule has 28 heavy (non-hydrogen) atoms. The Balaban J connectivity index is 1.80. The predicted molar refractivity (Wildman–Crippen MR) is 114 cm³/mol. The molecule has 0 saturated heterocycles. The fraction of sp³-hybridized carbons (Fsp3) is 0. The van der Waals surface area contributed by atoms with Crippen molar-refractivity contribution in [1.82, 2.24) is 19.9 Å². The first-order valence-corrected chi connectivity index (χ1v) is 9.28. The van der Waals surface area contributed by atoms with Gasteiger partial charge in [-0.25, -0.2) is 4.98 Å². The molecular weight excluding hydrogens is 344 g/mol. The van der Waals surface area contributed by atoms with Crippen molar-refractivity contribution in [2.75, 3.05) is 0 Å². The second-order valence-corrected chi connectivity index (χ2v) is 6.90. The van der Waals surface area contributed by atoms with Crippen molar-refractivity contribution in [3.63, 3.8) is 0 Å². The van der Waals surface area contributed by atoms with Crippen LogP contribution in [0.5, 0.6) is 0 Å². The normalized spacial score (nSPS) is 11.6. The van der Waals surface area contributed by atoms with Gasteiger partial charge >= 0.3 is 0 Å². The molecule has 4 aromatic heterocycles. The summed E-state index contributed by atoms with van der Waals surface area (Å²) < 4.78 is 0. The lowest BCUT2D eigenvalue weighted by Gasteiger charge is -2.05. The summed E-state index contributed by atoms with van der Waals surface area (Å²) in [4.78, 5) is 16.4. The Labute approximate surface area is 160 Å². The minimum atomic E-state index is 0.879. The molecule has 0 radical (unpaired) electrons. The molecule has 2 N–H and O–H groups in total. The average Bonchev–Trinajstić information content (AvgIpc) is 3.33. The van der Waals surface area contributed by atoms with E-state index in [4.69, 9.17) is 4.98 Å². The highest BCUT2D eigenvalue weighted by molar-refractivity contribution is 6.20. The number of aromatic nitrogens is 4. The summed E-state index contributed by atoms with van der Waals surface area (Å²) in [7, 11) is 0. The van der Waals surface area contributed by atoms with Crippen molar-refractivity contribution in [2.24, 2.45) is 0 Å². The van der Waals surface area contributed by atoms with Crippen LogP contribution in [0, 0.1) is 0 Å². The van der Waals surface area contributed by atoms with Crippen LogP contribution < -0.4 is 0 Å². The molecule has 0 unspecified atom stereocenters. The molecule has 0 amide bonds. The topological polar surface area (TPSA) is 57.4 Å². The summed E-state index contributed by atoms with van der Waals surface area (Å²) >= 11 is 0. The van der Waals surface area contributed by atoms with Crippen molar-refractivity contribution in [2.45, 2.75) is 0 Å². The van der Waals surface area contributed by atoms with Gasteiger partial charge in [0.25, 0.3) is 0 Å². The lowest BCUT2D eigenvalue weighted by Crippen LogP contribution is -1.83. The largest absolute Gasteiger partial charge is 0.352 e. The van der Waals surface area contributed by atoms with Crippen LogP contribution in [0.15, 0.2) is 85.2 Å². The van der Waals surface area contributed by atoms with E-state index in [1.807, 2.05) is 30.6 Å². The third-order valence-corrected chi connectivity index (χ3v) is 5.27. The Morgan fingerprint density at radius 2 is 1.43 bits per heavy atom. The van der Waals surface area contributed by atoms with Crippen molar-refractivity contribution < 1.29 is 0 Å². The summed E-state index contributed by atoms with van der Waals surface area (Å²) in [6, 6.07) is 24.9.